The number of nitrogens with one attached hydrogen (secondary N) is 1. The molecule has 5 nitrogen and oxygen atoms in total. The third-order valence-electron chi connectivity index (χ3n) is 1.21. The van der Waals surface area contributed by atoms with Gasteiger partial charge in [-0.15, -0.1) is 0 Å². The van der Waals surface area contributed by atoms with Crippen LogP contribution in [0.2, 0.25) is 0 Å². The van der Waals surface area contributed by atoms with Crippen LogP contribution in [0.15, 0.2) is 35.6 Å². The smallest absolute Gasteiger partial charge is 0.364 e. The van der Waals surface area contributed by atoms with Gasteiger partial charge in [-0.25, -0.2) is 0 Å². The largest absolute Gasteiger partial charge is 0.389 e. The molecule has 0 saturated carbocycles. The lowest BCUT2D eigenvalue weighted by Gasteiger charge is -1.94. The van der Waals surface area contributed by atoms with E-state index < -0.39 is 19.9 Å². The molecule has 0 aliphatic carbocycles. The zero-order valence-electron chi connectivity index (χ0n) is 7.48. The van der Waals surface area contributed by atoms with Crippen molar-refractivity contribution >= 4 is 25.8 Å². The minimum Gasteiger partial charge on any atom is -0.364 e. The zero-order chi connectivity index (χ0) is 10.4. The number of hydrogen-bond donors (Lipinski definition) is 1. The fourth-order valence-electron chi connectivity index (χ4n) is 0.763. The molecule has 1 N–H and O–H groups in total. The van der Waals surface area contributed by atoms with Crippen LogP contribution >= 0.6 is 19.9 Å². The number of carbonyl (C=O) groups is 1. The highest BCUT2D eigenvalue weighted by Gasteiger charge is 2.10. The molecule has 0 atom stereocenters. The Morgan fingerprint density at radius 3 is 2.64 bits per heavy atom. The summed E-state index contributed by atoms with van der Waals surface area (Å²) in [6.45, 7) is 1.33. The molecule has 0 unspecified atom stereocenters. The van der Waals surface area contributed by atoms with Crippen molar-refractivity contribution in [2.45, 2.75) is 6.92 Å². The Kier molecular flexibility index (Phi) is 4.21. The fraction of sp³-hybridized carbons (Fsp3) is 0.125. The number of carbonyl (C=O) groups excluding carboxylic acids is 1. The van der Waals surface area contributed by atoms with Gasteiger partial charge >= 0.3 is 25.8 Å². The average molecular weight is 306 g/mol. The predicted molar refractivity (Wildman–Crippen MR) is 59.4 cm³/mol. The Labute approximate surface area is 88.4 Å². The standard InChI is InChI=1S/C8H9IN3O2/c1-7(13)14-9(11-12-10)8-5-3-2-4-6-8/h2-6,10H,1H3/q+1. The molecular weight excluding hydrogens is 297 g/mol. The topological polar surface area (TPSA) is 66.9 Å². The summed E-state index contributed by atoms with van der Waals surface area (Å²) in [6.07, 6.45) is 0. The first-order valence-corrected chi connectivity index (χ1v) is 6.68. The van der Waals surface area contributed by atoms with Crippen LogP contribution in [0.25, 0.3) is 3.07 Å². The van der Waals surface area contributed by atoms with E-state index in [2.05, 4.69) is 8.29 Å². The van der Waals surface area contributed by atoms with Gasteiger partial charge in [-0.2, -0.15) is 0 Å². The van der Waals surface area contributed by atoms with Crippen LogP contribution in [0.1, 0.15) is 6.92 Å². The normalized spacial score (nSPS) is 9.29. The van der Waals surface area contributed by atoms with Crippen molar-refractivity contribution in [3.05, 3.63) is 37.0 Å². The third-order valence-corrected chi connectivity index (χ3v) is 4.64. The van der Waals surface area contributed by atoms with E-state index in [4.69, 9.17) is 8.60 Å². The number of hydrogen-bond acceptors (Lipinski definition) is 4. The summed E-state index contributed by atoms with van der Waals surface area (Å²) in [7, 11) is 0. The average Bonchev–Trinajstić information content (AvgIpc) is 2.18. The molecule has 0 aliphatic rings. The van der Waals surface area contributed by atoms with E-state index >= 15 is 0 Å². The molecule has 14 heavy (non-hydrogen) atoms. The Morgan fingerprint density at radius 2 is 2.14 bits per heavy atom. The van der Waals surface area contributed by atoms with E-state index in [0.717, 1.165) is 3.57 Å². The van der Waals surface area contributed by atoms with E-state index in [1.165, 1.54) is 6.92 Å². The molecule has 0 spiro atoms. The van der Waals surface area contributed by atoms with Crippen molar-refractivity contribution in [3.8, 4) is 0 Å². The lowest BCUT2D eigenvalue weighted by atomic mass is 10.4. The molecule has 0 aliphatic heterocycles. The van der Waals surface area contributed by atoms with Gasteiger partial charge in [0.25, 0.3) is 0 Å². The molecule has 1 aromatic carbocycles. The predicted octanol–water partition coefficient (Wildman–Crippen LogP) is 3.08. The van der Waals surface area contributed by atoms with Crippen molar-refractivity contribution < 1.29 is 7.86 Å². The molecule has 0 bridgehead atoms. The van der Waals surface area contributed by atoms with Gasteiger partial charge in [-0.1, -0.05) is 18.2 Å². The zero-order valence-corrected chi connectivity index (χ0v) is 9.63. The number of nitrogens with zero attached hydrogens (tertiary/aromatic N) is 2. The van der Waals surface area contributed by atoms with Crippen LogP contribution < -0.4 is 0 Å². The highest BCUT2D eigenvalue weighted by molar-refractivity contribution is 14.2. The molecule has 0 saturated heterocycles. The quantitative estimate of drug-likeness (QED) is 0.455. The van der Waals surface area contributed by atoms with Crippen LogP contribution in [0, 0.1) is 9.10 Å². The van der Waals surface area contributed by atoms with E-state index in [-0.39, 0.29) is 5.97 Å². The Bertz CT molecular complexity index is 418. The number of halogens is 1. The summed E-state index contributed by atoms with van der Waals surface area (Å²) in [5, 5.41) is 2.93. The number of rotatable bonds is 0. The van der Waals surface area contributed by atoms with Crippen LogP contribution in [0.4, 0.5) is 0 Å². The van der Waals surface area contributed by atoms with E-state index in [1.54, 1.807) is 0 Å². The first kappa shape index (κ1) is 10.8. The molecule has 0 heterocycles. The molecule has 6 heteroatoms. The second kappa shape index (κ2) is 5.46. The molecule has 0 aromatic heterocycles. The second-order valence-corrected chi connectivity index (χ2v) is 5.70. The summed E-state index contributed by atoms with van der Waals surface area (Å²) < 4.78 is 9.50. The molecule has 1 rings (SSSR count). The van der Waals surface area contributed by atoms with Gasteiger partial charge < -0.3 is 3.07 Å². The molecule has 0 amide bonds. The summed E-state index contributed by atoms with van der Waals surface area (Å²) >= 11 is -2.41. The SMILES string of the molecule is CC(=O)OI(#[N+]N=N)c1ccccc1. The van der Waals surface area contributed by atoms with Crippen molar-refractivity contribution in [1.82, 2.24) is 0 Å². The van der Waals surface area contributed by atoms with Crippen LogP contribution in [-0.2, 0) is 7.86 Å². The maximum atomic E-state index is 10.8. The lowest BCUT2D eigenvalue weighted by molar-refractivity contribution is -0.128. The monoisotopic (exact) mass is 306 g/mol. The van der Waals surface area contributed by atoms with Crippen LogP contribution in [-0.4, -0.2) is 5.97 Å². The third kappa shape index (κ3) is 3.23. The van der Waals surface area contributed by atoms with Crippen molar-refractivity contribution in [3.63, 3.8) is 0 Å². The summed E-state index contributed by atoms with van der Waals surface area (Å²) in [4.78, 5) is 10.8. The van der Waals surface area contributed by atoms with Crippen molar-refractivity contribution in [1.29, 1.82) is 5.53 Å². The van der Waals surface area contributed by atoms with Crippen LogP contribution in [0.3, 0.4) is 0 Å². The Morgan fingerprint density at radius 1 is 1.50 bits per heavy atom. The van der Waals surface area contributed by atoms with Gasteiger partial charge in [-0.05, 0) is 15.2 Å². The second-order valence-electron chi connectivity index (χ2n) is 2.27. The van der Waals surface area contributed by atoms with E-state index in [1.807, 2.05) is 30.3 Å². The summed E-state index contributed by atoms with van der Waals surface area (Å²) in [5.74, 6) is -0.383. The first-order chi connectivity index (χ1) is 6.74. The lowest BCUT2D eigenvalue weighted by Crippen LogP contribution is -1.89. The molecular formula is C8H9IN3O2+. The summed E-state index contributed by atoms with van der Waals surface area (Å²) in [5.41, 5.74) is 6.63. The van der Waals surface area contributed by atoms with Gasteiger partial charge in [-0.3, -0.25) is 4.79 Å². The Hall–Kier alpha value is -1.27. The molecule has 1 aromatic rings. The van der Waals surface area contributed by atoms with E-state index in [9.17, 15) is 4.79 Å². The summed E-state index contributed by atoms with van der Waals surface area (Å²) in [6, 6.07) is 9.18. The van der Waals surface area contributed by atoms with Gasteiger partial charge in [0.2, 0.25) is 5.22 Å². The van der Waals surface area contributed by atoms with Gasteiger partial charge in [0.05, 0.1) is 3.57 Å². The molecule has 74 valence electrons. The first-order valence-electron chi connectivity index (χ1n) is 3.75. The molecule has 0 radical (unpaired) electrons. The fourth-order valence-corrected chi connectivity index (χ4v) is 3.17. The van der Waals surface area contributed by atoms with Gasteiger partial charge in [0.15, 0.2) is 0 Å². The molecule has 0 fully saturated rings. The maximum absolute atomic E-state index is 10.8. The van der Waals surface area contributed by atoms with Crippen molar-refractivity contribution in [2.24, 2.45) is 5.22 Å². The highest BCUT2D eigenvalue weighted by atomic mass is 127. The van der Waals surface area contributed by atoms with E-state index in [0.29, 0.717) is 0 Å². The van der Waals surface area contributed by atoms with Crippen LogP contribution in [0.5, 0.6) is 0 Å². The van der Waals surface area contributed by atoms with Gasteiger partial charge in [0.1, 0.15) is 0 Å². The maximum Gasteiger partial charge on any atom is 0.389 e. The highest BCUT2D eigenvalue weighted by Crippen LogP contribution is 2.31. The van der Waals surface area contributed by atoms with Crippen molar-refractivity contribution in [2.75, 3.05) is 0 Å². The minimum absolute atomic E-state index is 0.383. The Balaban J connectivity index is 3.02. The van der Waals surface area contributed by atoms with Gasteiger partial charge in [0, 0.05) is 12.5 Å². The minimum atomic E-state index is -2.41. The number of benzene rings is 1.